The van der Waals surface area contributed by atoms with Crippen molar-refractivity contribution in [3.05, 3.63) is 24.2 Å². The normalized spacial score (nSPS) is 25.5. The molecule has 0 amide bonds. The molecular formula is C19H23N7. The summed E-state index contributed by atoms with van der Waals surface area (Å²) >= 11 is 0. The molecule has 4 aliphatic rings. The second kappa shape index (κ2) is 6.06. The van der Waals surface area contributed by atoms with Crippen molar-refractivity contribution >= 4 is 5.82 Å². The zero-order valence-corrected chi connectivity index (χ0v) is 15.0. The topological polar surface area (TPSA) is 73.9 Å². The molecule has 0 aromatic carbocycles. The average Bonchev–Trinajstić information content (AvgIpc) is 3.39. The first kappa shape index (κ1) is 15.8. The standard InChI is InChI=1S/C19H23N7/c1-24-10-15(8-22-24)18-21-7-14(6-20)19(23-18)26-12-16-4-5-17(26)11-25(16)9-13-2-3-13/h7-8,10,13,16-17H,2-5,9,11-12H2,1H3/t16-,17-/m0/s1. The first-order chi connectivity index (χ1) is 12.7. The zero-order valence-electron chi connectivity index (χ0n) is 15.0. The van der Waals surface area contributed by atoms with Gasteiger partial charge in [-0.1, -0.05) is 0 Å². The van der Waals surface area contributed by atoms with Gasteiger partial charge in [-0.25, -0.2) is 9.97 Å². The van der Waals surface area contributed by atoms with Crippen LogP contribution in [0.4, 0.5) is 5.82 Å². The molecule has 2 bridgehead atoms. The van der Waals surface area contributed by atoms with Crippen LogP contribution in [-0.4, -0.2) is 56.4 Å². The lowest BCUT2D eigenvalue weighted by molar-refractivity contribution is 0.0909. The summed E-state index contributed by atoms with van der Waals surface area (Å²) in [7, 11) is 1.88. The molecule has 0 unspecified atom stereocenters. The average molecular weight is 349 g/mol. The van der Waals surface area contributed by atoms with E-state index in [0.717, 1.165) is 30.4 Å². The van der Waals surface area contributed by atoms with Crippen molar-refractivity contribution in [2.45, 2.75) is 37.8 Å². The SMILES string of the molecule is Cn1cc(-c2ncc(C#N)c(N3C[C@@H]4CC[C@H]3CN4CC3CC3)n2)cn1. The highest BCUT2D eigenvalue weighted by molar-refractivity contribution is 5.61. The van der Waals surface area contributed by atoms with Gasteiger partial charge in [0.2, 0.25) is 0 Å². The molecule has 2 atom stereocenters. The number of nitriles is 1. The van der Waals surface area contributed by atoms with E-state index in [0.29, 0.717) is 23.5 Å². The number of piperidine rings is 2. The van der Waals surface area contributed by atoms with E-state index in [1.165, 1.54) is 32.2 Å². The number of fused-ring (bicyclic) bond motifs is 3. The minimum atomic E-state index is 0.447. The lowest BCUT2D eigenvalue weighted by Gasteiger charge is -2.52. The van der Waals surface area contributed by atoms with E-state index in [1.54, 1.807) is 17.1 Å². The Morgan fingerprint density at radius 3 is 2.65 bits per heavy atom. The molecule has 2 aromatic heterocycles. The molecule has 2 aromatic rings. The van der Waals surface area contributed by atoms with Crippen LogP contribution in [0.2, 0.25) is 0 Å². The van der Waals surface area contributed by atoms with Crippen molar-refractivity contribution in [3.8, 4) is 17.5 Å². The quantitative estimate of drug-likeness (QED) is 0.838. The Hall–Kier alpha value is -2.46. The van der Waals surface area contributed by atoms with Crippen LogP contribution in [0, 0.1) is 17.2 Å². The first-order valence-electron chi connectivity index (χ1n) is 9.48. The number of rotatable bonds is 4. The Bertz CT molecular complexity index is 863. The molecule has 7 heteroatoms. The van der Waals surface area contributed by atoms with E-state index >= 15 is 0 Å². The van der Waals surface area contributed by atoms with Gasteiger partial charge < -0.3 is 4.90 Å². The van der Waals surface area contributed by atoms with Crippen LogP contribution in [-0.2, 0) is 7.05 Å². The molecule has 3 saturated heterocycles. The lowest BCUT2D eigenvalue weighted by Crippen LogP contribution is -2.63. The van der Waals surface area contributed by atoms with Crippen molar-refractivity contribution in [3.63, 3.8) is 0 Å². The van der Waals surface area contributed by atoms with E-state index in [9.17, 15) is 5.26 Å². The monoisotopic (exact) mass is 349 g/mol. The summed E-state index contributed by atoms with van der Waals surface area (Å²) < 4.78 is 1.75. The minimum Gasteiger partial charge on any atom is -0.350 e. The third-order valence-corrected chi connectivity index (χ3v) is 5.96. The maximum absolute atomic E-state index is 9.58. The molecule has 6 rings (SSSR count). The number of anilines is 1. The number of piperazine rings is 1. The molecule has 0 N–H and O–H groups in total. The van der Waals surface area contributed by atoms with Crippen molar-refractivity contribution in [1.29, 1.82) is 5.26 Å². The largest absolute Gasteiger partial charge is 0.350 e. The number of aromatic nitrogens is 4. The van der Waals surface area contributed by atoms with E-state index in [-0.39, 0.29) is 0 Å². The van der Waals surface area contributed by atoms with E-state index in [1.807, 2.05) is 13.2 Å². The molecule has 0 radical (unpaired) electrons. The van der Waals surface area contributed by atoms with E-state index < -0.39 is 0 Å². The van der Waals surface area contributed by atoms with E-state index in [4.69, 9.17) is 4.98 Å². The van der Waals surface area contributed by atoms with Crippen molar-refractivity contribution in [2.24, 2.45) is 13.0 Å². The summed E-state index contributed by atoms with van der Waals surface area (Å²) in [6.45, 7) is 3.32. The van der Waals surface area contributed by atoms with Gasteiger partial charge in [0.1, 0.15) is 11.6 Å². The number of nitrogens with zero attached hydrogens (tertiary/aromatic N) is 7. The van der Waals surface area contributed by atoms with Gasteiger partial charge in [-0.3, -0.25) is 9.58 Å². The molecule has 134 valence electrons. The van der Waals surface area contributed by atoms with Gasteiger partial charge in [-0.15, -0.1) is 0 Å². The summed E-state index contributed by atoms with van der Waals surface area (Å²) in [4.78, 5) is 14.2. The highest BCUT2D eigenvalue weighted by atomic mass is 15.3. The molecule has 0 spiro atoms. The second-order valence-corrected chi connectivity index (χ2v) is 7.88. The summed E-state index contributed by atoms with van der Waals surface area (Å²) in [6, 6.07) is 3.32. The minimum absolute atomic E-state index is 0.447. The lowest BCUT2D eigenvalue weighted by atomic mass is 9.90. The van der Waals surface area contributed by atoms with E-state index in [2.05, 4.69) is 26.0 Å². The summed E-state index contributed by atoms with van der Waals surface area (Å²) in [5.41, 5.74) is 1.45. The van der Waals surface area contributed by atoms with Crippen molar-refractivity contribution < 1.29 is 0 Å². The van der Waals surface area contributed by atoms with Crippen LogP contribution < -0.4 is 4.90 Å². The van der Waals surface area contributed by atoms with Crippen molar-refractivity contribution in [2.75, 3.05) is 24.5 Å². The second-order valence-electron chi connectivity index (χ2n) is 7.88. The molecule has 3 aliphatic heterocycles. The smallest absolute Gasteiger partial charge is 0.164 e. The number of hydrogen-bond donors (Lipinski definition) is 0. The summed E-state index contributed by atoms with van der Waals surface area (Å²) in [5, 5.41) is 13.8. The zero-order chi connectivity index (χ0) is 17.7. The number of aryl methyl sites for hydroxylation is 1. The van der Waals surface area contributed by atoms with Gasteiger partial charge in [0, 0.05) is 45.0 Å². The molecule has 5 heterocycles. The molecule has 26 heavy (non-hydrogen) atoms. The Morgan fingerprint density at radius 2 is 2.00 bits per heavy atom. The molecule has 7 nitrogen and oxygen atoms in total. The molecular weight excluding hydrogens is 326 g/mol. The maximum atomic E-state index is 9.58. The van der Waals surface area contributed by atoms with Crippen LogP contribution in [0.3, 0.4) is 0 Å². The Morgan fingerprint density at radius 1 is 1.15 bits per heavy atom. The fourth-order valence-corrected chi connectivity index (χ4v) is 4.38. The van der Waals surface area contributed by atoms with Gasteiger partial charge in [0.25, 0.3) is 0 Å². The Labute approximate surface area is 153 Å². The van der Waals surface area contributed by atoms with Crippen LogP contribution in [0.1, 0.15) is 31.2 Å². The van der Waals surface area contributed by atoms with Gasteiger partial charge in [0.15, 0.2) is 11.6 Å². The first-order valence-corrected chi connectivity index (χ1v) is 9.48. The Kier molecular flexibility index (Phi) is 3.68. The number of hydrogen-bond acceptors (Lipinski definition) is 6. The van der Waals surface area contributed by atoms with Crippen molar-refractivity contribution in [1.82, 2.24) is 24.6 Å². The fraction of sp³-hybridized carbons (Fsp3) is 0.579. The predicted molar refractivity (Wildman–Crippen MR) is 97.4 cm³/mol. The van der Waals surface area contributed by atoms with Gasteiger partial charge >= 0.3 is 0 Å². The maximum Gasteiger partial charge on any atom is 0.164 e. The van der Waals surface area contributed by atoms with Crippen LogP contribution in [0.5, 0.6) is 0 Å². The highest BCUT2D eigenvalue weighted by Gasteiger charge is 2.41. The third kappa shape index (κ3) is 2.74. The molecule has 1 saturated carbocycles. The van der Waals surface area contributed by atoms with Gasteiger partial charge in [-0.2, -0.15) is 10.4 Å². The van der Waals surface area contributed by atoms with Crippen LogP contribution >= 0.6 is 0 Å². The summed E-state index contributed by atoms with van der Waals surface area (Å²) in [5.74, 6) is 2.36. The van der Waals surface area contributed by atoms with Gasteiger partial charge in [0.05, 0.1) is 18.0 Å². The highest BCUT2D eigenvalue weighted by Crippen LogP contribution is 2.37. The predicted octanol–water partition coefficient (Wildman–Crippen LogP) is 1.81. The van der Waals surface area contributed by atoms with Crippen LogP contribution in [0.25, 0.3) is 11.4 Å². The molecule has 4 fully saturated rings. The molecule has 1 aliphatic carbocycles. The van der Waals surface area contributed by atoms with Gasteiger partial charge in [-0.05, 0) is 31.6 Å². The Balaban J connectivity index is 1.45. The third-order valence-electron chi connectivity index (χ3n) is 5.96. The summed E-state index contributed by atoms with van der Waals surface area (Å²) in [6.07, 6.45) is 10.6. The fourth-order valence-electron chi connectivity index (χ4n) is 4.38. The van der Waals surface area contributed by atoms with Crippen LogP contribution in [0.15, 0.2) is 18.6 Å².